The van der Waals surface area contributed by atoms with Crippen molar-refractivity contribution in [3.8, 4) is 16.9 Å². The summed E-state index contributed by atoms with van der Waals surface area (Å²) in [4.78, 5) is 9.17. The summed E-state index contributed by atoms with van der Waals surface area (Å²) in [6, 6.07) is 12.5. The van der Waals surface area contributed by atoms with Gasteiger partial charge in [0.2, 0.25) is 5.95 Å². The lowest BCUT2D eigenvalue weighted by molar-refractivity contribution is 0.478. The molecule has 1 saturated heterocycles. The van der Waals surface area contributed by atoms with Gasteiger partial charge in [0, 0.05) is 24.3 Å². The number of para-hydroxylation sites is 1. The second kappa shape index (κ2) is 7.25. The van der Waals surface area contributed by atoms with E-state index in [1.807, 2.05) is 42.1 Å². The van der Waals surface area contributed by atoms with Crippen molar-refractivity contribution in [3.05, 3.63) is 54.0 Å². The highest BCUT2D eigenvalue weighted by Crippen LogP contribution is 2.27. The van der Waals surface area contributed by atoms with E-state index in [1.165, 1.54) is 6.42 Å². The summed E-state index contributed by atoms with van der Waals surface area (Å²) < 4.78 is 1.98. The fraction of sp³-hybridized carbons (Fsp3) is 0.350. The fourth-order valence-corrected chi connectivity index (χ4v) is 3.56. The van der Waals surface area contributed by atoms with Crippen LogP contribution in [-0.2, 0) is 0 Å². The summed E-state index contributed by atoms with van der Waals surface area (Å²) in [7, 11) is 0. The molecule has 26 heavy (non-hydrogen) atoms. The van der Waals surface area contributed by atoms with Crippen LogP contribution in [0.15, 0.2) is 42.6 Å². The highest BCUT2D eigenvalue weighted by Gasteiger charge is 2.18. The first kappa shape index (κ1) is 16.7. The van der Waals surface area contributed by atoms with Gasteiger partial charge in [-0.15, -0.1) is 0 Å². The Bertz CT molecular complexity index is 881. The number of aromatic nitrogens is 4. The van der Waals surface area contributed by atoms with E-state index in [0.717, 1.165) is 47.8 Å². The van der Waals surface area contributed by atoms with Crippen LogP contribution in [0.1, 0.15) is 24.2 Å². The van der Waals surface area contributed by atoms with Gasteiger partial charge in [0.05, 0.1) is 22.8 Å². The second-order valence-electron chi connectivity index (χ2n) is 6.75. The molecule has 3 heterocycles. The third-order valence-corrected chi connectivity index (χ3v) is 4.83. The first-order valence-corrected chi connectivity index (χ1v) is 9.14. The van der Waals surface area contributed by atoms with Gasteiger partial charge in [-0.3, -0.25) is 0 Å². The van der Waals surface area contributed by atoms with Crippen LogP contribution in [0, 0.1) is 13.8 Å². The average molecular weight is 348 g/mol. The van der Waals surface area contributed by atoms with Gasteiger partial charge in [-0.25, -0.2) is 14.6 Å². The van der Waals surface area contributed by atoms with Gasteiger partial charge in [0.25, 0.3) is 0 Å². The highest BCUT2D eigenvalue weighted by molar-refractivity contribution is 5.66. The third kappa shape index (κ3) is 3.32. The molecule has 1 aliphatic rings. The van der Waals surface area contributed by atoms with Crippen LogP contribution in [0.2, 0.25) is 0 Å². The van der Waals surface area contributed by atoms with Crippen LogP contribution in [0.25, 0.3) is 16.9 Å². The zero-order valence-corrected chi connectivity index (χ0v) is 15.2. The minimum Gasteiger partial charge on any atom is -0.350 e. The Hall–Kier alpha value is -2.73. The summed E-state index contributed by atoms with van der Waals surface area (Å²) >= 11 is 0. The molecule has 1 aliphatic heterocycles. The van der Waals surface area contributed by atoms with E-state index in [0.29, 0.717) is 12.0 Å². The molecule has 0 bridgehead atoms. The van der Waals surface area contributed by atoms with Gasteiger partial charge in [0.1, 0.15) is 0 Å². The minimum atomic E-state index is 0.383. The van der Waals surface area contributed by atoms with Crippen LogP contribution in [0.3, 0.4) is 0 Å². The lowest BCUT2D eigenvalue weighted by Gasteiger charge is -2.23. The lowest BCUT2D eigenvalue weighted by atomic mass is 10.1. The van der Waals surface area contributed by atoms with Crippen LogP contribution in [-0.4, -0.2) is 38.9 Å². The number of piperidine rings is 1. The predicted octanol–water partition coefficient (Wildman–Crippen LogP) is 3.11. The maximum Gasteiger partial charge on any atom is 0.223 e. The number of hydrogen-bond donors (Lipinski definition) is 2. The zero-order valence-electron chi connectivity index (χ0n) is 15.2. The molecule has 0 saturated carbocycles. The van der Waals surface area contributed by atoms with Crippen LogP contribution in [0.5, 0.6) is 0 Å². The number of rotatable bonds is 4. The number of aryl methyl sites for hydroxylation is 1. The van der Waals surface area contributed by atoms with Crippen molar-refractivity contribution in [2.45, 2.75) is 32.7 Å². The molecular formula is C20H24N6. The number of nitrogens with one attached hydrogen (secondary N) is 2. The molecule has 134 valence electrons. The molecule has 0 radical (unpaired) electrons. The fourth-order valence-electron chi connectivity index (χ4n) is 3.56. The van der Waals surface area contributed by atoms with Crippen molar-refractivity contribution >= 4 is 5.95 Å². The molecule has 2 aromatic heterocycles. The van der Waals surface area contributed by atoms with E-state index in [1.54, 1.807) is 0 Å². The Labute approximate surface area is 153 Å². The summed E-state index contributed by atoms with van der Waals surface area (Å²) in [5.41, 5.74) is 5.08. The molecule has 1 aromatic carbocycles. The zero-order chi connectivity index (χ0) is 17.9. The molecule has 4 rings (SSSR count). The Kier molecular flexibility index (Phi) is 4.67. The number of hydrogen-bond acceptors (Lipinski definition) is 5. The van der Waals surface area contributed by atoms with E-state index in [4.69, 9.17) is 10.1 Å². The van der Waals surface area contributed by atoms with Crippen LogP contribution >= 0.6 is 0 Å². The van der Waals surface area contributed by atoms with Gasteiger partial charge < -0.3 is 10.6 Å². The Morgan fingerprint density at radius 2 is 2.00 bits per heavy atom. The van der Waals surface area contributed by atoms with E-state index in [-0.39, 0.29) is 0 Å². The highest BCUT2D eigenvalue weighted by atomic mass is 15.3. The summed E-state index contributed by atoms with van der Waals surface area (Å²) in [5, 5.41) is 11.6. The van der Waals surface area contributed by atoms with Crippen molar-refractivity contribution in [1.82, 2.24) is 25.1 Å². The molecule has 6 heteroatoms. The van der Waals surface area contributed by atoms with Crippen molar-refractivity contribution in [1.29, 1.82) is 0 Å². The molecule has 3 aromatic rings. The smallest absolute Gasteiger partial charge is 0.223 e. The summed E-state index contributed by atoms with van der Waals surface area (Å²) in [5.74, 6) is 0.683. The molecule has 0 amide bonds. The second-order valence-corrected chi connectivity index (χ2v) is 6.75. The summed E-state index contributed by atoms with van der Waals surface area (Å²) in [6.45, 7) is 6.17. The van der Waals surface area contributed by atoms with Crippen LogP contribution in [0.4, 0.5) is 5.95 Å². The van der Waals surface area contributed by atoms with Crippen LogP contribution < -0.4 is 10.6 Å². The van der Waals surface area contributed by atoms with E-state index < -0.39 is 0 Å². The van der Waals surface area contributed by atoms with Gasteiger partial charge >= 0.3 is 0 Å². The maximum absolute atomic E-state index is 4.76. The molecular weight excluding hydrogens is 324 g/mol. The quantitative estimate of drug-likeness (QED) is 0.758. The van der Waals surface area contributed by atoms with Gasteiger partial charge in [0.15, 0.2) is 0 Å². The number of anilines is 1. The maximum atomic E-state index is 4.76. The molecule has 1 fully saturated rings. The normalized spacial score (nSPS) is 17.2. The summed E-state index contributed by atoms with van der Waals surface area (Å²) in [6.07, 6.45) is 4.14. The lowest BCUT2D eigenvalue weighted by Crippen LogP contribution is -2.38. The minimum absolute atomic E-state index is 0.383. The number of nitrogens with zero attached hydrogens (tertiary/aromatic N) is 4. The first-order valence-electron chi connectivity index (χ1n) is 9.14. The monoisotopic (exact) mass is 348 g/mol. The molecule has 1 atom stereocenters. The van der Waals surface area contributed by atoms with Gasteiger partial charge in [-0.05, 0) is 51.4 Å². The Morgan fingerprint density at radius 3 is 2.77 bits per heavy atom. The van der Waals surface area contributed by atoms with E-state index in [2.05, 4.69) is 34.7 Å². The Morgan fingerprint density at radius 1 is 1.15 bits per heavy atom. The van der Waals surface area contributed by atoms with Gasteiger partial charge in [-0.2, -0.15) is 5.10 Å². The van der Waals surface area contributed by atoms with E-state index >= 15 is 0 Å². The topological polar surface area (TPSA) is 67.7 Å². The standard InChI is InChI=1S/C20H24N6/c1-14-19(15(2)26(25-14)17-8-4-3-5-9-17)18-10-12-22-20(24-18)23-16-7-6-11-21-13-16/h3-5,8-10,12,16,21H,6-7,11,13H2,1-2H3,(H,22,23,24). The molecule has 6 nitrogen and oxygen atoms in total. The SMILES string of the molecule is Cc1nn(-c2ccccc2)c(C)c1-c1ccnc(NC2CCCNC2)n1. The van der Waals surface area contributed by atoms with E-state index in [9.17, 15) is 0 Å². The predicted molar refractivity (Wildman–Crippen MR) is 104 cm³/mol. The van der Waals surface area contributed by atoms with Crippen molar-refractivity contribution in [2.24, 2.45) is 0 Å². The van der Waals surface area contributed by atoms with Crippen molar-refractivity contribution < 1.29 is 0 Å². The molecule has 1 unspecified atom stereocenters. The Balaban J connectivity index is 1.65. The largest absolute Gasteiger partial charge is 0.350 e. The molecule has 2 N–H and O–H groups in total. The first-order chi connectivity index (χ1) is 12.7. The van der Waals surface area contributed by atoms with Crippen molar-refractivity contribution in [2.75, 3.05) is 18.4 Å². The third-order valence-electron chi connectivity index (χ3n) is 4.83. The molecule has 0 spiro atoms. The van der Waals surface area contributed by atoms with Gasteiger partial charge in [-0.1, -0.05) is 18.2 Å². The number of benzene rings is 1. The molecule has 0 aliphatic carbocycles. The average Bonchev–Trinajstić information content (AvgIpc) is 2.98. The van der Waals surface area contributed by atoms with Crippen molar-refractivity contribution in [3.63, 3.8) is 0 Å².